The number of rotatable bonds is 3. The van der Waals surface area contributed by atoms with Crippen LogP contribution in [0.2, 0.25) is 0 Å². The molecule has 2 aromatic carbocycles. The van der Waals surface area contributed by atoms with Gasteiger partial charge in [-0.15, -0.1) is 11.6 Å². The van der Waals surface area contributed by atoms with Gasteiger partial charge in [0.15, 0.2) is 0 Å². The van der Waals surface area contributed by atoms with Gasteiger partial charge in [0.1, 0.15) is 0 Å². The zero-order valence-electron chi connectivity index (χ0n) is 10.3. The summed E-state index contributed by atoms with van der Waals surface area (Å²) in [5, 5.41) is 4.54. The van der Waals surface area contributed by atoms with E-state index < -0.39 is 0 Å². The second-order valence-corrected chi connectivity index (χ2v) is 4.60. The van der Waals surface area contributed by atoms with E-state index in [1.807, 2.05) is 48.7 Å². The lowest BCUT2D eigenvalue weighted by Crippen LogP contribution is -1.93. The summed E-state index contributed by atoms with van der Waals surface area (Å²) in [7, 11) is 0. The Balaban J connectivity index is 2.01. The van der Waals surface area contributed by atoms with Crippen LogP contribution in [0.4, 0.5) is 11.4 Å². The number of fused-ring (bicyclic) bond motifs is 1. The molecule has 0 amide bonds. The topological polar surface area (TPSA) is 24.9 Å². The molecule has 0 fully saturated rings. The Bertz CT molecular complexity index is 704. The fourth-order valence-electron chi connectivity index (χ4n) is 2.09. The van der Waals surface area contributed by atoms with Crippen LogP contribution < -0.4 is 5.32 Å². The molecule has 0 radical (unpaired) electrons. The third kappa shape index (κ3) is 2.54. The van der Waals surface area contributed by atoms with Gasteiger partial charge in [0.2, 0.25) is 0 Å². The summed E-state index contributed by atoms with van der Waals surface area (Å²) in [6, 6.07) is 18.2. The molecular formula is C16H13ClN2. The van der Waals surface area contributed by atoms with Crippen LogP contribution in [0.25, 0.3) is 10.9 Å². The average molecular weight is 269 g/mol. The minimum atomic E-state index is 0.520. The van der Waals surface area contributed by atoms with Crippen molar-refractivity contribution in [2.24, 2.45) is 0 Å². The maximum Gasteiger partial charge on any atom is 0.0722 e. The van der Waals surface area contributed by atoms with Gasteiger partial charge < -0.3 is 5.32 Å². The number of halogens is 1. The highest BCUT2D eigenvalue weighted by molar-refractivity contribution is 6.17. The number of hydrogen-bond acceptors (Lipinski definition) is 2. The van der Waals surface area contributed by atoms with Crippen molar-refractivity contribution in [3.05, 3.63) is 66.4 Å². The van der Waals surface area contributed by atoms with E-state index in [0.717, 1.165) is 27.8 Å². The van der Waals surface area contributed by atoms with Crippen LogP contribution in [-0.2, 0) is 5.88 Å². The largest absolute Gasteiger partial charge is 0.355 e. The Morgan fingerprint density at radius 3 is 2.79 bits per heavy atom. The molecule has 3 rings (SSSR count). The standard InChI is InChI=1S/C16H13ClN2/c17-11-12-4-3-5-13(10-12)19-16-8-9-18-15-7-2-1-6-14(15)16/h1-10H,11H2,(H,18,19). The quantitative estimate of drug-likeness (QED) is 0.696. The summed E-state index contributed by atoms with van der Waals surface area (Å²) in [5.74, 6) is 0.520. The van der Waals surface area contributed by atoms with Crippen molar-refractivity contribution in [1.29, 1.82) is 0 Å². The van der Waals surface area contributed by atoms with Crippen LogP contribution in [0.15, 0.2) is 60.8 Å². The van der Waals surface area contributed by atoms with Crippen LogP contribution in [0.3, 0.4) is 0 Å². The third-order valence-corrected chi connectivity index (χ3v) is 3.32. The fraction of sp³-hybridized carbons (Fsp3) is 0.0625. The number of pyridine rings is 1. The minimum absolute atomic E-state index is 0.520. The maximum absolute atomic E-state index is 5.86. The molecule has 3 heteroatoms. The number of para-hydroxylation sites is 1. The van der Waals surface area contributed by atoms with Crippen LogP contribution in [0, 0.1) is 0 Å². The Hall–Kier alpha value is -2.06. The average Bonchev–Trinajstić information content (AvgIpc) is 2.48. The van der Waals surface area contributed by atoms with Crippen molar-refractivity contribution < 1.29 is 0 Å². The highest BCUT2D eigenvalue weighted by atomic mass is 35.5. The monoisotopic (exact) mass is 268 g/mol. The van der Waals surface area contributed by atoms with Crippen LogP contribution in [-0.4, -0.2) is 4.98 Å². The fourth-order valence-corrected chi connectivity index (χ4v) is 2.26. The molecule has 1 N–H and O–H groups in total. The van der Waals surface area contributed by atoms with Gasteiger partial charge >= 0.3 is 0 Å². The first-order chi connectivity index (χ1) is 9.36. The SMILES string of the molecule is ClCc1cccc(Nc2ccnc3ccccc23)c1. The van der Waals surface area contributed by atoms with Gasteiger partial charge in [-0.2, -0.15) is 0 Å². The van der Waals surface area contributed by atoms with Gasteiger partial charge in [0, 0.05) is 28.8 Å². The minimum Gasteiger partial charge on any atom is -0.355 e. The van der Waals surface area contributed by atoms with E-state index in [1.165, 1.54) is 0 Å². The molecule has 19 heavy (non-hydrogen) atoms. The number of alkyl halides is 1. The molecule has 94 valence electrons. The zero-order chi connectivity index (χ0) is 13.1. The van der Waals surface area contributed by atoms with E-state index in [0.29, 0.717) is 5.88 Å². The van der Waals surface area contributed by atoms with Gasteiger partial charge in [0.25, 0.3) is 0 Å². The Labute approximate surface area is 117 Å². The summed E-state index contributed by atoms with van der Waals surface area (Å²) >= 11 is 5.86. The number of nitrogens with zero attached hydrogens (tertiary/aromatic N) is 1. The van der Waals surface area contributed by atoms with Crippen LogP contribution in [0.5, 0.6) is 0 Å². The Morgan fingerprint density at radius 2 is 1.89 bits per heavy atom. The van der Waals surface area contributed by atoms with Crippen molar-refractivity contribution in [1.82, 2.24) is 4.98 Å². The molecule has 1 heterocycles. The van der Waals surface area contributed by atoms with Crippen molar-refractivity contribution in [3.8, 4) is 0 Å². The lowest BCUT2D eigenvalue weighted by atomic mass is 10.1. The first-order valence-corrected chi connectivity index (χ1v) is 6.66. The summed E-state index contributed by atoms with van der Waals surface area (Å²) in [5.41, 5.74) is 4.18. The second-order valence-electron chi connectivity index (χ2n) is 4.33. The van der Waals surface area contributed by atoms with Gasteiger partial charge in [-0.25, -0.2) is 0 Å². The van der Waals surface area contributed by atoms with Gasteiger partial charge in [0.05, 0.1) is 5.52 Å². The summed E-state index contributed by atoms with van der Waals surface area (Å²) in [4.78, 5) is 4.36. The predicted octanol–water partition coefficient (Wildman–Crippen LogP) is 4.72. The third-order valence-electron chi connectivity index (χ3n) is 3.01. The summed E-state index contributed by atoms with van der Waals surface area (Å²) in [6.07, 6.45) is 1.82. The molecular weight excluding hydrogens is 256 g/mol. The first kappa shape index (κ1) is 12.0. The maximum atomic E-state index is 5.86. The molecule has 0 saturated carbocycles. The van der Waals surface area contributed by atoms with Crippen LogP contribution >= 0.6 is 11.6 Å². The van der Waals surface area contributed by atoms with Crippen LogP contribution in [0.1, 0.15) is 5.56 Å². The highest BCUT2D eigenvalue weighted by Gasteiger charge is 2.02. The highest BCUT2D eigenvalue weighted by Crippen LogP contribution is 2.25. The number of benzene rings is 2. The van der Waals surface area contributed by atoms with Crippen molar-refractivity contribution >= 4 is 33.9 Å². The van der Waals surface area contributed by atoms with E-state index in [1.54, 1.807) is 0 Å². The molecule has 0 unspecified atom stereocenters. The molecule has 0 bridgehead atoms. The van der Waals surface area contributed by atoms with Crippen molar-refractivity contribution in [2.75, 3.05) is 5.32 Å². The zero-order valence-corrected chi connectivity index (χ0v) is 11.1. The van der Waals surface area contributed by atoms with Gasteiger partial charge in [-0.05, 0) is 29.8 Å². The molecule has 3 aromatic rings. The lowest BCUT2D eigenvalue weighted by Gasteiger charge is -2.10. The molecule has 0 spiro atoms. The second kappa shape index (κ2) is 5.29. The number of hydrogen-bond donors (Lipinski definition) is 1. The molecule has 1 aromatic heterocycles. The van der Waals surface area contributed by atoms with E-state index in [9.17, 15) is 0 Å². The van der Waals surface area contributed by atoms with E-state index in [-0.39, 0.29) is 0 Å². The lowest BCUT2D eigenvalue weighted by molar-refractivity contribution is 1.38. The van der Waals surface area contributed by atoms with E-state index >= 15 is 0 Å². The molecule has 0 aliphatic rings. The van der Waals surface area contributed by atoms with Crippen molar-refractivity contribution in [2.45, 2.75) is 5.88 Å². The smallest absolute Gasteiger partial charge is 0.0722 e. The van der Waals surface area contributed by atoms with E-state index in [4.69, 9.17) is 11.6 Å². The van der Waals surface area contributed by atoms with Crippen molar-refractivity contribution in [3.63, 3.8) is 0 Å². The van der Waals surface area contributed by atoms with Gasteiger partial charge in [-0.1, -0.05) is 30.3 Å². The first-order valence-electron chi connectivity index (χ1n) is 6.12. The van der Waals surface area contributed by atoms with E-state index in [2.05, 4.69) is 22.4 Å². The Kier molecular flexibility index (Phi) is 3.34. The summed E-state index contributed by atoms with van der Waals surface area (Å²) < 4.78 is 0. The summed E-state index contributed by atoms with van der Waals surface area (Å²) in [6.45, 7) is 0. The molecule has 0 aliphatic heterocycles. The normalized spacial score (nSPS) is 10.6. The Morgan fingerprint density at radius 1 is 1.00 bits per heavy atom. The predicted molar refractivity (Wildman–Crippen MR) is 81.0 cm³/mol. The molecule has 0 saturated heterocycles. The number of nitrogens with one attached hydrogen (secondary N) is 1. The van der Waals surface area contributed by atoms with Gasteiger partial charge in [-0.3, -0.25) is 4.98 Å². The molecule has 2 nitrogen and oxygen atoms in total. The molecule has 0 aliphatic carbocycles. The number of anilines is 2. The number of aromatic nitrogens is 1. The molecule has 0 atom stereocenters.